The molecule has 1 amide bonds. The van der Waals surface area contributed by atoms with E-state index in [9.17, 15) is 4.79 Å². The molecule has 7 heteroatoms. The fourth-order valence-corrected chi connectivity index (χ4v) is 3.45. The zero-order valence-electron chi connectivity index (χ0n) is 13.7. The van der Waals surface area contributed by atoms with Gasteiger partial charge < -0.3 is 10.6 Å². The van der Waals surface area contributed by atoms with E-state index in [-0.39, 0.29) is 36.8 Å². The third-order valence-corrected chi connectivity index (χ3v) is 4.97. The standard InChI is InChI=1S/C17H21N3OS.2ClH/c1-11-5-7-18-9-16(11)20-17(21)14-3-4-15(19-12(14)2)13-6-8-22-10-13;;/h3-4,6,8,10-11,16,18H,5,7,9H2,1-2H3,(H,20,21);2*1H. The van der Waals surface area contributed by atoms with Gasteiger partial charge in [-0.2, -0.15) is 11.3 Å². The molecule has 0 saturated carbocycles. The van der Waals surface area contributed by atoms with E-state index in [2.05, 4.69) is 27.9 Å². The normalized spacial score (nSPS) is 19.8. The average Bonchev–Trinajstić information content (AvgIpc) is 3.03. The number of carbonyl (C=O) groups excluding carboxylic acids is 1. The Morgan fingerprint density at radius 2 is 2.12 bits per heavy atom. The van der Waals surface area contributed by atoms with E-state index in [4.69, 9.17) is 0 Å². The molecule has 2 atom stereocenters. The molecule has 0 bridgehead atoms. The number of amides is 1. The van der Waals surface area contributed by atoms with Gasteiger partial charge in [0.15, 0.2) is 0 Å². The van der Waals surface area contributed by atoms with Gasteiger partial charge >= 0.3 is 0 Å². The van der Waals surface area contributed by atoms with E-state index in [1.807, 2.05) is 30.5 Å². The lowest BCUT2D eigenvalue weighted by atomic mass is 9.94. The van der Waals surface area contributed by atoms with Crippen LogP contribution in [0.15, 0.2) is 29.0 Å². The number of nitrogens with one attached hydrogen (secondary N) is 2. The second-order valence-corrected chi connectivity index (χ2v) is 6.67. The molecule has 3 rings (SSSR count). The van der Waals surface area contributed by atoms with Crippen LogP contribution in [0.1, 0.15) is 29.4 Å². The Balaban J connectivity index is 0.00000144. The Morgan fingerprint density at radius 1 is 1.33 bits per heavy atom. The zero-order valence-corrected chi connectivity index (χ0v) is 16.2. The molecule has 132 valence electrons. The van der Waals surface area contributed by atoms with Crippen LogP contribution in [-0.2, 0) is 0 Å². The molecular weight excluding hydrogens is 365 g/mol. The van der Waals surface area contributed by atoms with Crippen molar-refractivity contribution in [1.29, 1.82) is 0 Å². The van der Waals surface area contributed by atoms with Crippen LogP contribution in [0.5, 0.6) is 0 Å². The van der Waals surface area contributed by atoms with Crippen LogP contribution in [0.3, 0.4) is 0 Å². The molecule has 3 heterocycles. The van der Waals surface area contributed by atoms with E-state index in [1.165, 1.54) is 0 Å². The molecule has 2 aromatic rings. The van der Waals surface area contributed by atoms with Gasteiger partial charge in [0, 0.05) is 23.5 Å². The van der Waals surface area contributed by atoms with Crippen molar-refractivity contribution in [2.75, 3.05) is 13.1 Å². The summed E-state index contributed by atoms with van der Waals surface area (Å²) in [6.07, 6.45) is 1.10. The predicted octanol–water partition coefficient (Wildman–Crippen LogP) is 3.69. The minimum Gasteiger partial charge on any atom is -0.348 e. The molecule has 0 radical (unpaired) electrons. The van der Waals surface area contributed by atoms with Gasteiger partial charge in [0.1, 0.15) is 0 Å². The molecule has 2 aromatic heterocycles. The number of hydrogen-bond acceptors (Lipinski definition) is 4. The Bertz CT molecular complexity index is 664. The summed E-state index contributed by atoms with van der Waals surface area (Å²) in [5, 5.41) is 10.6. The zero-order chi connectivity index (χ0) is 15.5. The maximum Gasteiger partial charge on any atom is 0.253 e. The summed E-state index contributed by atoms with van der Waals surface area (Å²) >= 11 is 1.65. The SMILES string of the molecule is Cc1nc(-c2ccsc2)ccc1C(=O)NC1CNCCC1C.Cl.Cl. The van der Waals surface area contributed by atoms with Crippen molar-refractivity contribution in [2.45, 2.75) is 26.3 Å². The first kappa shape index (κ1) is 20.9. The molecule has 0 spiro atoms. The molecule has 0 aliphatic carbocycles. The molecular formula is C17H23Cl2N3OS. The van der Waals surface area contributed by atoms with Crippen molar-refractivity contribution in [3.63, 3.8) is 0 Å². The molecule has 24 heavy (non-hydrogen) atoms. The molecule has 0 aromatic carbocycles. The number of halogens is 2. The quantitative estimate of drug-likeness (QED) is 0.843. The highest BCUT2D eigenvalue weighted by Gasteiger charge is 2.23. The Hall–Kier alpha value is -1.14. The first-order chi connectivity index (χ1) is 10.6. The number of nitrogens with zero attached hydrogens (tertiary/aromatic N) is 1. The van der Waals surface area contributed by atoms with Gasteiger partial charge in [-0.1, -0.05) is 6.92 Å². The number of aromatic nitrogens is 1. The fourth-order valence-electron chi connectivity index (χ4n) is 2.80. The van der Waals surface area contributed by atoms with Crippen molar-refractivity contribution < 1.29 is 4.79 Å². The van der Waals surface area contributed by atoms with E-state index in [0.717, 1.165) is 36.5 Å². The van der Waals surface area contributed by atoms with Gasteiger partial charge in [0.25, 0.3) is 5.91 Å². The largest absolute Gasteiger partial charge is 0.348 e. The van der Waals surface area contributed by atoms with Gasteiger partial charge in [0.2, 0.25) is 0 Å². The summed E-state index contributed by atoms with van der Waals surface area (Å²) in [6, 6.07) is 6.04. The van der Waals surface area contributed by atoms with E-state index >= 15 is 0 Å². The topological polar surface area (TPSA) is 54.0 Å². The summed E-state index contributed by atoms with van der Waals surface area (Å²) < 4.78 is 0. The fraction of sp³-hybridized carbons (Fsp3) is 0.412. The third kappa shape index (κ3) is 4.70. The lowest BCUT2D eigenvalue weighted by molar-refractivity contribution is 0.0914. The molecule has 1 aliphatic heterocycles. The maximum atomic E-state index is 12.5. The van der Waals surface area contributed by atoms with Crippen molar-refractivity contribution in [3.05, 3.63) is 40.2 Å². The number of pyridine rings is 1. The predicted molar refractivity (Wildman–Crippen MR) is 105 cm³/mol. The number of hydrogen-bond donors (Lipinski definition) is 2. The minimum atomic E-state index is -0.0255. The van der Waals surface area contributed by atoms with Crippen LogP contribution in [0.4, 0.5) is 0 Å². The Kier molecular flexibility index (Phi) is 8.16. The number of carbonyl (C=O) groups is 1. The number of thiophene rings is 1. The molecule has 2 unspecified atom stereocenters. The summed E-state index contributed by atoms with van der Waals surface area (Å²) in [4.78, 5) is 17.1. The average molecular weight is 388 g/mol. The van der Waals surface area contributed by atoms with Crippen molar-refractivity contribution in [2.24, 2.45) is 5.92 Å². The molecule has 1 fully saturated rings. The summed E-state index contributed by atoms with van der Waals surface area (Å²) in [7, 11) is 0. The third-order valence-electron chi connectivity index (χ3n) is 4.29. The van der Waals surface area contributed by atoms with Gasteiger partial charge in [-0.3, -0.25) is 9.78 Å². The minimum absolute atomic E-state index is 0. The van der Waals surface area contributed by atoms with Crippen molar-refractivity contribution in [3.8, 4) is 11.3 Å². The maximum absolute atomic E-state index is 12.5. The first-order valence-corrected chi connectivity index (χ1v) is 8.61. The van der Waals surface area contributed by atoms with E-state index in [1.54, 1.807) is 11.3 Å². The molecule has 1 aliphatic rings. The van der Waals surface area contributed by atoms with Crippen LogP contribution >= 0.6 is 36.2 Å². The van der Waals surface area contributed by atoms with Gasteiger partial charge in [0.05, 0.1) is 17.0 Å². The molecule has 4 nitrogen and oxygen atoms in total. The highest BCUT2D eigenvalue weighted by Crippen LogP contribution is 2.21. The number of rotatable bonds is 3. The summed E-state index contributed by atoms with van der Waals surface area (Å²) in [6.45, 7) is 5.96. The molecule has 2 N–H and O–H groups in total. The van der Waals surface area contributed by atoms with Crippen LogP contribution in [0.25, 0.3) is 11.3 Å². The Morgan fingerprint density at radius 3 is 2.75 bits per heavy atom. The second-order valence-electron chi connectivity index (χ2n) is 5.89. The van der Waals surface area contributed by atoms with E-state index in [0.29, 0.717) is 11.5 Å². The second kappa shape index (κ2) is 9.37. The Labute approximate surface area is 159 Å². The first-order valence-electron chi connectivity index (χ1n) is 7.67. The van der Waals surface area contributed by atoms with Crippen molar-refractivity contribution >= 4 is 42.1 Å². The lowest BCUT2D eigenvalue weighted by Gasteiger charge is -2.30. The lowest BCUT2D eigenvalue weighted by Crippen LogP contribution is -2.50. The summed E-state index contributed by atoms with van der Waals surface area (Å²) in [5.41, 5.74) is 3.46. The summed E-state index contributed by atoms with van der Waals surface area (Å²) in [5.74, 6) is 0.478. The molecule has 1 saturated heterocycles. The van der Waals surface area contributed by atoms with E-state index < -0.39 is 0 Å². The highest BCUT2D eigenvalue weighted by molar-refractivity contribution is 7.08. The smallest absolute Gasteiger partial charge is 0.253 e. The van der Waals surface area contributed by atoms with Gasteiger partial charge in [-0.05, 0) is 49.4 Å². The van der Waals surface area contributed by atoms with Gasteiger partial charge in [-0.25, -0.2) is 0 Å². The van der Waals surface area contributed by atoms with Gasteiger partial charge in [-0.15, -0.1) is 24.8 Å². The van der Waals surface area contributed by atoms with Crippen LogP contribution < -0.4 is 10.6 Å². The monoisotopic (exact) mass is 387 g/mol. The van der Waals surface area contributed by atoms with Crippen LogP contribution in [0.2, 0.25) is 0 Å². The highest BCUT2D eigenvalue weighted by atomic mass is 35.5. The van der Waals surface area contributed by atoms with Crippen LogP contribution in [-0.4, -0.2) is 30.0 Å². The van der Waals surface area contributed by atoms with Crippen LogP contribution in [0, 0.1) is 12.8 Å². The van der Waals surface area contributed by atoms with Crippen molar-refractivity contribution in [1.82, 2.24) is 15.6 Å². The number of piperidine rings is 1. The number of aryl methyl sites for hydroxylation is 1.